The van der Waals surface area contributed by atoms with Crippen molar-refractivity contribution in [1.29, 1.82) is 0 Å². The molecule has 0 amide bonds. The molecule has 0 spiro atoms. The monoisotopic (exact) mass is 197 g/mol. The second-order valence-electron chi connectivity index (χ2n) is 3.72. The van der Waals surface area contributed by atoms with E-state index in [2.05, 4.69) is 18.8 Å². The van der Waals surface area contributed by atoms with Gasteiger partial charge in [0.1, 0.15) is 0 Å². The summed E-state index contributed by atoms with van der Waals surface area (Å²) in [4.78, 5) is 4.24. The molecular weight excluding hydrogens is 182 g/mol. The lowest BCUT2D eigenvalue weighted by atomic mass is 10.1. The van der Waals surface area contributed by atoms with Crippen molar-refractivity contribution in [3.05, 3.63) is 29.0 Å². The molecule has 0 fully saturated rings. The molecule has 0 aliphatic heterocycles. The van der Waals surface area contributed by atoms with Gasteiger partial charge >= 0.3 is 0 Å². The van der Waals surface area contributed by atoms with Crippen molar-refractivity contribution >= 4 is 11.6 Å². The number of rotatable bonds is 4. The Kier molecular flexibility index (Phi) is 4.23. The van der Waals surface area contributed by atoms with Crippen LogP contribution in [0.25, 0.3) is 0 Å². The Hall–Kier alpha value is -0.560. The maximum Gasteiger partial charge on any atom is 0.0621 e. The molecule has 0 saturated heterocycles. The molecule has 0 bridgehead atoms. The topological polar surface area (TPSA) is 12.9 Å². The van der Waals surface area contributed by atoms with E-state index in [9.17, 15) is 0 Å². The summed E-state index contributed by atoms with van der Waals surface area (Å²) in [6.07, 6.45) is 5.22. The van der Waals surface area contributed by atoms with E-state index in [-0.39, 0.29) is 0 Å². The molecule has 1 nitrogen and oxygen atoms in total. The molecule has 0 aliphatic rings. The van der Waals surface area contributed by atoms with Crippen LogP contribution < -0.4 is 0 Å². The lowest BCUT2D eigenvalue weighted by Gasteiger charge is -2.04. The van der Waals surface area contributed by atoms with Crippen LogP contribution in [0, 0.1) is 5.92 Å². The van der Waals surface area contributed by atoms with Gasteiger partial charge < -0.3 is 0 Å². The third-order valence-electron chi connectivity index (χ3n) is 2.03. The van der Waals surface area contributed by atoms with Gasteiger partial charge in [-0.1, -0.05) is 31.9 Å². The number of nitrogens with zero attached hydrogens (tertiary/aromatic N) is 1. The van der Waals surface area contributed by atoms with Gasteiger partial charge in [-0.25, -0.2) is 0 Å². The summed E-state index contributed by atoms with van der Waals surface area (Å²) in [7, 11) is 0. The van der Waals surface area contributed by atoms with Gasteiger partial charge in [-0.15, -0.1) is 0 Å². The molecule has 13 heavy (non-hydrogen) atoms. The quantitative estimate of drug-likeness (QED) is 0.717. The molecule has 0 N–H and O–H groups in total. The van der Waals surface area contributed by atoms with E-state index in [1.807, 2.05) is 12.1 Å². The Balaban J connectivity index is 2.41. The van der Waals surface area contributed by atoms with Crippen molar-refractivity contribution in [2.75, 3.05) is 0 Å². The number of hydrogen-bond donors (Lipinski definition) is 0. The maximum absolute atomic E-state index is 5.98. The fourth-order valence-electron chi connectivity index (χ4n) is 1.28. The van der Waals surface area contributed by atoms with Crippen LogP contribution in [0.1, 0.15) is 32.4 Å². The van der Waals surface area contributed by atoms with E-state index in [1.54, 1.807) is 6.20 Å². The summed E-state index contributed by atoms with van der Waals surface area (Å²) in [5.74, 6) is 0.766. The standard InChI is InChI=1S/C11H16ClN/c1-9(2)5-3-7-11-10(12)6-4-8-13-11/h4,6,8-9H,3,5,7H2,1-2H3. The highest BCUT2D eigenvalue weighted by atomic mass is 35.5. The van der Waals surface area contributed by atoms with Crippen molar-refractivity contribution in [3.63, 3.8) is 0 Å². The average molecular weight is 198 g/mol. The first-order valence-electron chi connectivity index (χ1n) is 4.79. The molecule has 0 aromatic carbocycles. The molecule has 0 unspecified atom stereocenters. The van der Waals surface area contributed by atoms with Gasteiger partial charge in [0.2, 0.25) is 0 Å². The Morgan fingerprint density at radius 1 is 1.46 bits per heavy atom. The van der Waals surface area contributed by atoms with Crippen molar-refractivity contribution in [1.82, 2.24) is 4.98 Å². The zero-order valence-electron chi connectivity index (χ0n) is 8.26. The largest absolute Gasteiger partial charge is 0.260 e. The Morgan fingerprint density at radius 2 is 2.23 bits per heavy atom. The molecule has 0 radical (unpaired) electrons. The molecule has 0 aliphatic carbocycles. The molecule has 1 aromatic heterocycles. The maximum atomic E-state index is 5.98. The summed E-state index contributed by atoms with van der Waals surface area (Å²) in [6, 6.07) is 3.77. The van der Waals surface area contributed by atoms with Crippen LogP contribution in [0.2, 0.25) is 5.02 Å². The van der Waals surface area contributed by atoms with Crippen LogP contribution in [-0.4, -0.2) is 4.98 Å². The van der Waals surface area contributed by atoms with Crippen LogP contribution in [0.5, 0.6) is 0 Å². The molecular formula is C11H16ClN. The van der Waals surface area contributed by atoms with Gasteiger partial charge in [0.15, 0.2) is 0 Å². The van der Waals surface area contributed by atoms with Crippen LogP contribution in [0.3, 0.4) is 0 Å². The summed E-state index contributed by atoms with van der Waals surface area (Å²) < 4.78 is 0. The van der Waals surface area contributed by atoms with Crippen molar-refractivity contribution in [3.8, 4) is 0 Å². The molecule has 1 heterocycles. The van der Waals surface area contributed by atoms with Crippen LogP contribution in [0.4, 0.5) is 0 Å². The van der Waals surface area contributed by atoms with Gasteiger partial charge in [0.05, 0.1) is 10.7 Å². The van der Waals surface area contributed by atoms with E-state index >= 15 is 0 Å². The molecule has 0 atom stereocenters. The minimum atomic E-state index is 0.766. The highest BCUT2D eigenvalue weighted by Gasteiger charge is 2.01. The first-order chi connectivity index (χ1) is 6.20. The molecule has 2 heteroatoms. The van der Waals surface area contributed by atoms with Gasteiger partial charge in [-0.2, -0.15) is 0 Å². The van der Waals surface area contributed by atoms with Crippen LogP contribution in [0.15, 0.2) is 18.3 Å². The summed E-state index contributed by atoms with van der Waals surface area (Å²) in [5, 5.41) is 0.797. The van der Waals surface area contributed by atoms with Gasteiger partial charge in [0, 0.05) is 6.20 Å². The van der Waals surface area contributed by atoms with Crippen molar-refractivity contribution in [2.24, 2.45) is 5.92 Å². The van der Waals surface area contributed by atoms with E-state index in [0.29, 0.717) is 0 Å². The number of aromatic nitrogens is 1. The number of aryl methyl sites for hydroxylation is 1. The van der Waals surface area contributed by atoms with Crippen LogP contribution in [-0.2, 0) is 6.42 Å². The Morgan fingerprint density at radius 3 is 2.85 bits per heavy atom. The van der Waals surface area contributed by atoms with Crippen molar-refractivity contribution in [2.45, 2.75) is 33.1 Å². The SMILES string of the molecule is CC(C)CCCc1ncccc1Cl. The van der Waals surface area contributed by atoms with Crippen molar-refractivity contribution < 1.29 is 0 Å². The van der Waals surface area contributed by atoms with E-state index < -0.39 is 0 Å². The smallest absolute Gasteiger partial charge is 0.0621 e. The number of halogens is 1. The second kappa shape index (κ2) is 5.23. The zero-order valence-corrected chi connectivity index (χ0v) is 9.01. The average Bonchev–Trinajstić information content (AvgIpc) is 2.08. The van der Waals surface area contributed by atoms with Gasteiger partial charge in [0.25, 0.3) is 0 Å². The fourth-order valence-corrected chi connectivity index (χ4v) is 1.50. The van der Waals surface area contributed by atoms with Gasteiger partial charge in [-0.3, -0.25) is 4.98 Å². The van der Waals surface area contributed by atoms with Crippen LogP contribution >= 0.6 is 11.6 Å². The molecule has 1 rings (SSSR count). The molecule has 0 saturated carbocycles. The lowest BCUT2D eigenvalue weighted by molar-refractivity contribution is 0.553. The first kappa shape index (κ1) is 10.5. The highest BCUT2D eigenvalue weighted by Crippen LogP contribution is 2.15. The number of hydrogen-bond acceptors (Lipinski definition) is 1. The summed E-state index contributed by atoms with van der Waals surface area (Å²) in [6.45, 7) is 4.47. The summed E-state index contributed by atoms with van der Waals surface area (Å²) >= 11 is 5.98. The highest BCUT2D eigenvalue weighted by molar-refractivity contribution is 6.31. The predicted octanol–water partition coefficient (Wildman–Crippen LogP) is 3.71. The third kappa shape index (κ3) is 3.77. The van der Waals surface area contributed by atoms with E-state index in [4.69, 9.17) is 11.6 Å². The fraction of sp³-hybridized carbons (Fsp3) is 0.545. The Bertz CT molecular complexity index is 258. The summed E-state index contributed by atoms with van der Waals surface area (Å²) in [5.41, 5.74) is 1.03. The zero-order chi connectivity index (χ0) is 9.68. The first-order valence-corrected chi connectivity index (χ1v) is 5.17. The third-order valence-corrected chi connectivity index (χ3v) is 2.37. The Labute approximate surface area is 85.1 Å². The van der Waals surface area contributed by atoms with E-state index in [1.165, 1.54) is 12.8 Å². The predicted molar refractivity (Wildman–Crippen MR) is 57.0 cm³/mol. The molecule has 1 aromatic rings. The molecule has 72 valence electrons. The van der Waals surface area contributed by atoms with Gasteiger partial charge in [-0.05, 0) is 30.9 Å². The second-order valence-corrected chi connectivity index (χ2v) is 4.13. The van der Waals surface area contributed by atoms with E-state index in [0.717, 1.165) is 23.1 Å². The lowest BCUT2D eigenvalue weighted by Crippen LogP contribution is -1.93. The minimum Gasteiger partial charge on any atom is -0.260 e. The normalized spacial score (nSPS) is 10.8. The number of pyridine rings is 1. The minimum absolute atomic E-state index is 0.766.